The molecule has 0 aliphatic rings. The van der Waals surface area contributed by atoms with Crippen molar-refractivity contribution in [2.75, 3.05) is 12.4 Å². The summed E-state index contributed by atoms with van der Waals surface area (Å²) in [6.07, 6.45) is 1.04. The van der Waals surface area contributed by atoms with E-state index in [1.54, 1.807) is 0 Å². The van der Waals surface area contributed by atoms with Crippen molar-refractivity contribution in [1.29, 1.82) is 0 Å². The van der Waals surface area contributed by atoms with E-state index in [4.69, 9.17) is 4.74 Å². The zero-order valence-electron chi connectivity index (χ0n) is 12.3. The van der Waals surface area contributed by atoms with Crippen molar-refractivity contribution < 1.29 is 4.74 Å². The summed E-state index contributed by atoms with van der Waals surface area (Å²) < 4.78 is 6.00. The van der Waals surface area contributed by atoms with Gasteiger partial charge in [-0.2, -0.15) is 12.6 Å². The molecule has 102 valence electrons. The van der Waals surface area contributed by atoms with Crippen LogP contribution in [0.25, 0.3) is 0 Å². The van der Waals surface area contributed by atoms with E-state index in [2.05, 4.69) is 59.4 Å². The SMILES string of the molecule is Cc1cc(C)c(OCC(C)C)c(CC(C)CS)c1. The lowest BCUT2D eigenvalue weighted by Crippen LogP contribution is -2.10. The van der Waals surface area contributed by atoms with Crippen LogP contribution in [0.3, 0.4) is 0 Å². The third-order valence-corrected chi connectivity index (χ3v) is 3.56. The van der Waals surface area contributed by atoms with Gasteiger partial charge in [-0.1, -0.05) is 38.5 Å². The molecular formula is C16H26OS. The van der Waals surface area contributed by atoms with Crippen LogP contribution in [0, 0.1) is 25.7 Å². The van der Waals surface area contributed by atoms with Gasteiger partial charge in [-0.3, -0.25) is 0 Å². The van der Waals surface area contributed by atoms with Gasteiger partial charge in [0.1, 0.15) is 5.75 Å². The highest BCUT2D eigenvalue weighted by atomic mass is 32.1. The molecule has 1 aromatic rings. The predicted molar refractivity (Wildman–Crippen MR) is 83.0 cm³/mol. The number of hydrogen-bond acceptors (Lipinski definition) is 2. The summed E-state index contributed by atoms with van der Waals surface area (Å²) in [6.45, 7) is 11.7. The van der Waals surface area contributed by atoms with E-state index in [0.717, 1.165) is 24.5 Å². The van der Waals surface area contributed by atoms with Gasteiger partial charge in [-0.05, 0) is 49.0 Å². The van der Waals surface area contributed by atoms with Gasteiger partial charge in [0.05, 0.1) is 6.61 Å². The first-order valence-electron chi connectivity index (χ1n) is 6.77. The molecule has 0 aromatic heterocycles. The molecule has 1 aromatic carbocycles. The van der Waals surface area contributed by atoms with Gasteiger partial charge in [-0.15, -0.1) is 0 Å². The molecule has 0 spiro atoms. The Morgan fingerprint density at radius 2 is 1.83 bits per heavy atom. The van der Waals surface area contributed by atoms with Crippen molar-refractivity contribution in [2.24, 2.45) is 11.8 Å². The Hall–Kier alpha value is -0.630. The second-order valence-electron chi connectivity index (χ2n) is 5.77. The number of benzene rings is 1. The van der Waals surface area contributed by atoms with Crippen molar-refractivity contribution in [1.82, 2.24) is 0 Å². The quantitative estimate of drug-likeness (QED) is 0.749. The van der Waals surface area contributed by atoms with Crippen LogP contribution in [0.15, 0.2) is 12.1 Å². The standard InChI is InChI=1S/C16H26OS/c1-11(2)9-17-16-14(5)6-12(3)7-15(16)8-13(4)10-18/h6-7,11,13,18H,8-10H2,1-5H3. The lowest BCUT2D eigenvalue weighted by molar-refractivity contribution is 0.266. The van der Waals surface area contributed by atoms with Crippen LogP contribution in [0.5, 0.6) is 5.75 Å². The average Bonchev–Trinajstić information content (AvgIpc) is 2.27. The molecule has 0 aliphatic carbocycles. The van der Waals surface area contributed by atoms with E-state index in [1.807, 2.05) is 0 Å². The number of rotatable bonds is 6. The van der Waals surface area contributed by atoms with E-state index in [1.165, 1.54) is 16.7 Å². The Kier molecular flexibility index (Phi) is 6.07. The molecule has 0 radical (unpaired) electrons. The fourth-order valence-corrected chi connectivity index (χ4v) is 2.22. The maximum Gasteiger partial charge on any atom is 0.125 e. The minimum atomic E-state index is 0.556. The highest BCUT2D eigenvalue weighted by Crippen LogP contribution is 2.28. The normalized spacial score (nSPS) is 12.8. The van der Waals surface area contributed by atoms with Crippen LogP contribution >= 0.6 is 12.6 Å². The second-order valence-corrected chi connectivity index (χ2v) is 6.13. The van der Waals surface area contributed by atoms with Crippen LogP contribution in [-0.4, -0.2) is 12.4 Å². The lowest BCUT2D eigenvalue weighted by Gasteiger charge is -2.18. The topological polar surface area (TPSA) is 9.23 Å². The number of aryl methyl sites for hydroxylation is 2. The van der Waals surface area contributed by atoms with Gasteiger partial charge in [0.15, 0.2) is 0 Å². The van der Waals surface area contributed by atoms with E-state index in [-0.39, 0.29) is 0 Å². The summed E-state index contributed by atoms with van der Waals surface area (Å²) >= 11 is 4.38. The minimum Gasteiger partial charge on any atom is -0.493 e. The molecule has 0 aliphatic heterocycles. The smallest absolute Gasteiger partial charge is 0.125 e. The fourth-order valence-electron chi connectivity index (χ4n) is 2.09. The monoisotopic (exact) mass is 266 g/mol. The van der Waals surface area contributed by atoms with Gasteiger partial charge >= 0.3 is 0 Å². The van der Waals surface area contributed by atoms with E-state index in [0.29, 0.717) is 11.8 Å². The molecule has 0 amide bonds. The molecule has 2 heteroatoms. The van der Waals surface area contributed by atoms with Crippen molar-refractivity contribution in [3.8, 4) is 5.75 Å². The summed E-state index contributed by atoms with van der Waals surface area (Å²) in [6, 6.07) is 4.45. The first-order chi connectivity index (χ1) is 8.43. The Morgan fingerprint density at radius 1 is 1.17 bits per heavy atom. The first-order valence-corrected chi connectivity index (χ1v) is 7.41. The summed E-state index contributed by atoms with van der Waals surface area (Å²) in [5.74, 6) is 3.14. The molecule has 0 fully saturated rings. The Balaban J connectivity index is 2.96. The molecule has 0 N–H and O–H groups in total. The summed E-state index contributed by atoms with van der Waals surface area (Å²) in [7, 11) is 0. The Labute approximate surface area is 117 Å². The molecule has 0 heterocycles. The highest BCUT2D eigenvalue weighted by molar-refractivity contribution is 7.80. The summed E-state index contributed by atoms with van der Waals surface area (Å²) in [5, 5.41) is 0. The molecule has 0 bridgehead atoms. The van der Waals surface area contributed by atoms with Crippen molar-refractivity contribution in [3.05, 3.63) is 28.8 Å². The molecule has 1 unspecified atom stereocenters. The van der Waals surface area contributed by atoms with Crippen LogP contribution < -0.4 is 4.74 Å². The third kappa shape index (κ3) is 4.56. The number of hydrogen-bond donors (Lipinski definition) is 1. The van der Waals surface area contributed by atoms with Crippen LogP contribution in [0.4, 0.5) is 0 Å². The molecule has 0 saturated carbocycles. The predicted octanol–water partition coefficient (Wildman–Crippen LogP) is 4.45. The average molecular weight is 266 g/mol. The largest absolute Gasteiger partial charge is 0.493 e. The zero-order valence-corrected chi connectivity index (χ0v) is 13.2. The maximum atomic E-state index is 6.00. The zero-order chi connectivity index (χ0) is 13.7. The molecule has 1 nitrogen and oxygen atoms in total. The summed E-state index contributed by atoms with van der Waals surface area (Å²) in [5.41, 5.74) is 3.89. The fraction of sp³-hybridized carbons (Fsp3) is 0.625. The Bertz CT molecular complexity index is 385. The Morgan fingerprint density at radius 3 is 2.39 bits per heavy atom. The van der Waals surface area contributed by atoms with Crippen molar-refractivity contribution in [3.63, 3.8) is 0 Å². The minimum absolute atomic E-state index is 0.556. The molecular weight excluding hydrogens is 240 g/mol. The van der Waals surface area contributed by atoms with Crippen molar-refractivity contribution >= 4 is 12.6 Å². The van der Waals surface area contributed by atoms with Crippen LogP contribution in [-0.2, 0) is 6.42 Å². The molecule has 18 heavy (non-hydrogen) atoms. The highest BCUT2D eigenvalue weighted by Gasteiger charge is 2.12. The van der Waals surface area contributed by atoms with Gasteiger partial charge in [0, 0.05) is 0 Å². The van der Waals surface area contributed by atoms with Crippen LogP contribution in [0.1, 0.15) is 37.5 Å². The van der Waals surface area contributed by atoms with Gasteiger partial charge in [0.25, 0.3) is 0 Å². The van der Waals surface area contributed by atoms with Crippen LogP contribution in [0.2, 0.25) is 0 Å². The second kappa shape index (κ2) is 7.08. The third-order valence-electron chi connectivity index (χ3n) is 2.94. The molecule has 0 saturated heterocycles. The van der Waals surface area contributed by atoms with Gasteiger partial charge in [-0.25, -0.2) is 0 Å². The van der Waals surface area contributed by atoms with Gasteiger partial charge < -0.3 is 4.74 Å². The molecule has 1 rings (SSSR count). The number of thiol groups is 1. The van der Waals surface area contributed by atoms with Gasteiger partial charge in [0.2, 0.25) is 0 Å². The van der Waals surface area contributed by atoms with E-state index in [9.17, 15) is 0 Å². The van der Waals surface area contributed by atoms with Crippen molar-refractivity contribution in [2.45, 2.75) is 41.0 Å². The summed E-state index contributed by atoms with van der Waals surface area (Å²) in [4.78, 5) is 0. The van der Waals surface area contributed by atoms with E-state index >= 15 is 0 Å². The molecule has 1 atom stereocenters. The maximum absolute atomic E-state index is 6.00. The first kappa shape index (κ1) is 15.4. The number of ether oxygens (including phenoxy) is 1. The lowest BCUT2D eigenvalue weighted by atomic mass is 9.97. The van der Waals surface area contributed by atoms with E-state index < -0.39 is 0 Å².